The van der Waals surface area contributed by atoms with Gasteiger partial charge < -0.3 is 5.73 Å². The molecule has 0 radical (unpaired) electrons. The highest BCUT2D eigenvalue weighted by molar-refractivity contribution is 4.75. The normalized spacial score (nSPS) is 12.0. The van der Waals surface area contributed by atoms with Gasteiger partial charge in [-0.1, -0.05) is 124 Å². The molecule has 1 nitrogen and oxygen atoms in total. The van der Waals surface area contributed by atoms with Crippen LogP contribution in [0.15, 0.2) is 0 Å². The summed E-state index contributed by atoms with van der Waals surface area (Å²) in [5, 5.41) is 0. The summed E-state index contributed by atoms with van der Waals surface area (Å²) in [6.45, 7) is 7.88. The molecule has 0 unspecified atom stereocenters. The Bertz CT molecular complexity index is 216. The average molecular weight is 340 g/mol. The fourth-order valence-electron chi connectivity index (χ4n) is 3.70. The van der Waals surface area contributed by atoms with Crippen molar-refractivity contribution in [2.24, 2.45) is 11.1 Å². The SMILES string of the molecule is CCCCCCCCCCC(C)(CN)CCCCCCCCCC. The second-order valence-electron chi connectivity index (χ2n) is 8.46. The Hall–Kier alpha value is -0.0400. The molecule has 1 heteroatoms. The zero-order chi connectivity index (χ0) is 17.9. The Kier molecular flexibility index (Phi) is 17.7. The van der Waals surface area contributed by atoms with E-state index in [1.54, 1.807) is 0 Å². The predicted molar refractivity (Wildman–Crippen MR) is 112 cm³/mol. The molecule has 0 rings (SSSR count). The van der Waals surface area contributed by atoms with Crippen LogP contribution in [-0.2, 0) is 0 Å². The summed E-state index contributed by atoms with van der Waals surface area (Å²) in [6, 6.07) is 0. The first kappa shape index (κ1) is 24.0. The van der Waals surface area contributed by atoms with E-state index >= 15 is 0 Å². The van der Waals surface area contributed by atoms with Crippen molar-refractivity contribution in [3.63, 3.8) is 0 Å². The van der Waals surface area contributed by atoms with Gasteiger partial charge in [-0.25, -0.2) is 0 Å². The van der Waals surface area contributed by atoms with E-state index < -0.39 is 0 Å². The maximum atomic E-state index is 6.10. The standard InChI is InChI=1S/C23H49N/c1-4-6-8-10-12-14-16-18-20-23(3,22-24)21-19-17-15-13-11-9-7-5-2/h4-22,24H2,1-3H3. The maximum Gasteiger partial charge on any atom is -0.00232 e. The van der Waals surface area contributed by atoms with Gasteiger partial charge in [-0.2, -0.15) is 0 Å². The Balaban J connectivity index is 3.51. The molecule has 0 saturated heterocycles. The molecule has 24 heavy (non-hydrogen) atoms. The summed E-state index contributed by atoms with van der Waals surface area (Å²) < 4.78 is 0. The van der Waals surface area contributed by atoms with E-state index in [1.807, 2.05) is 0 Å². The molecule has 0 aromatic rings. The van der Waals surface area contributed by atoms with Gasteiger partial charge in [0.1, 0.15) is 0 Å². The van der Waals surface area contributed by atoms with Crippen LogP contribution in [-0.4, -0.2) is 6.54 Å². The van der Waals surface area contributed by atoms with Gasteiger partial charge in [-0.3, -0.25) is 0 Å². The molecule has 146 valence electrons. The van der Waals surface area contributed by atoms with E-state index in [-0.39, 0.29) is 0 Å². The van der Waals surface area contributed by atoms with Crippen molar-refractivity contribution in [3.8, 4) is 0 Å². The fourth-order valence-corrected chi connectivity index (χ4v) is 3.70. The lowest BCUT2D eigenvalue weighted by Crippen LogP contribution is -2.27. The van der Waals surface area contributed by atoms with E-state index in [4.69, 9.17) is 5.73 Å². The van der Waals surface area contributed by atoms with Gasteiger partial charge in [0, 0.05) is 0 Å². The molecule has 0 bridgehead atoms. The van der Waals surface area contributed by atoms with Crippen LogP contribution in [0.1, 0.15) is 136 Å². The van der Waals surface area contributed by atoms with Gasteiger partial charge in [0.15, 0.2) is 0 Å². The number of unbranched alkanes of at least 4 members (excludes halogenated alkanes) is 14. The lowest BCUT2D eigenvalue weighted by molar-refractivity contribution is 0.261. The van der Waals surface area contributed by atoms with Gasteiger partial charge in [0.2, 0.25) is 0 Å². The van der Waals surface area contributed by atoms with Crippen LogP contribution in [0.2, 0.25) is 0 Å². The molecule has 0 atom stereocenters. The Labute approximate surface area is 154 Å². The predicted octanol–water partition coefficient (Wildman–Crippen LogP) is 8.01. The smallest absolute Gasteiger partial charge is 0.00232 e. The van der Waals surface area contributed by atoms with E-state index in [1.165, 1.54) is 116 Å². The van der Waals surface area contributed by atoms with Gasteiger partial charge >= 0.3 is 0 Å². The summed E-state index contributed by atoms with van der Waals surface area (Å²) >= 11 is 0. The second-order valence-corrected chi connectivity index (χ2v) is 8.46. The van der Waals surface area contributed by atoms with Crippen molar-refractivity contribution in [2.75, 3.05) is 6.54 Å². The van der Waals surface area contributed by atoms with Gasteiger partial charge in [0.25, 0.3) is 0 Å². The van der Waals surface area contributed by atoms with Crippen molar-refractivity contribution < 1.29 is 0 Å². The minimum absolute atomic E-state index is 0.407. The summed E-state index contributed by atoms with van der Waals surface area (Å²) in [5.41, 5.74) is 6.51. The summed E-state index contributed by atoms with van der Waals surface area (Å²) in [6.07, 6.45) is 25.4. The molecular weight excluding hydrogens is 290 g/mol. The third-order valence-electron chi connectivity index (χ3n) is 5.76. The second kappa shape index (κ2) is 17.8. The summed E-state index contributed by atoms with van der Waals surface area (Å²) in [5.74, 6) is 0. The molecule has 0 aromatic carbocycles. The molecule has 0 fully saturated rings. The maximum absolute atomic E-state index is 6.10. The molecule has 0 saturated carbocycles. The number of rotatable bonds is 19. The zero-order valence-electron chi connectivity index (χ0n) is 17.5. The largest absolute Gasteiger partial charge is 0.330 e. The minimum atomic E-state index is 0.407. The van der Waals surface area contributed by atoms with Crippen LogP contribution in [0.25, 0.3) is 0 Å². The molecule has 0 heterocycles. The van der Waals surface area contributed by atoms with E-state index in [9.17, 15) is 0 Å². The van der Waals surface area contributed by atoms with Crippen LogP contribution < -0.4 is 5.73 Å². The quantitative estimate of drug-likeness (QED) is 0.237. The summed E-state index contributed by atoms with van der Waals surface area (Å²) in [7, 11) is 0. The first-order chi connectivity index (χ1) is 11.7. The first-order valence-electron chi connectivity index (χ1n) is 11.4. The molecule has 0 aromatic heterocycles. The number of nitrogens with two attached hydrogens (primary N) is 1. The van der Waals surface area contributed by atoms with Crippen LogP contribution >= 0.6 is 0 Å². The monoisotopic (exact) mass is 339 g/mol. The third-order valence-corrected chi connectivity index (χ3v) is 5.76. The van der Waals surface area contributed by atoms with E-state index in [0.717, 1.165) is 6.54 Å². The topological polar surface area (TPSA) is 26.0 Å². The van der Waals surface area contributed by atoms with Crippen molar-refractivity contribution in [2.45, 2.75) is 136 Å². The van der Waals surface area contributed by atoms with Crippen LogP contribution in [0.5, 0.6) is 0 Å². The average Bonchev–Trinajstić information content (AvgIpc) is 2.59. The highest BCUT2D eigenvalue weighted by Crippen LogP contribution is 2.30. The van der Waals surface area contributed by atoms with Crippen LogP contribution in [0.4, 0.5) is 0 Å². The Morgan fingerprint density at radius 1 is 0.500 bits per heavy atom. The molecule has 0 amide bonds. The van der Waals surface area contributed by atoms with Crippen LogP contribution in [0, 0.1) is 5.41 Å². The lowest BCUT2D eigenvalue weighted by atomic mass is 9.80. The fraction of sp³-hybridized carbons (Fsp3) is 1.00. The highest BCUT2D eigenvalue weighted by atomic mass is 14.6. The molecular formula is C23H49N. The Morgan fingerprint density at radius 2 is 0.792 bits per heavy atom. The molecule has 2 N–H and O–H groups in total. The van der Waals surface area contributed by atoms with E-state index in [2.05, 4.69) is 20.8 Å². The highest BCUT2D eigenvalue weighted by Gasteiger charge is 2.21. The Morgan fingerprint density at radius 3 is 1.08 bits per heavy atom. The molecule has 0 aliphatic carbocycles. The van der Waals surface area contributed by atoms with Crippen molar-refractivity contribution >= 4 is 0 Å². The van der Waals surface area contributed by atoms with Crippen LogP contribution in [0.3, 0.4) is 0 Å². The number of hydrogen-bond acceptors (Lipinski definition) is 1. The molecule has 0 spiro atoms. The molecule has 0 aliphatic heterocycles. The van der Waals surface area contributed by atoms with E-state index in [0.29, 0.717) is 5.41 Å². The van der Waals surface area contributed by atoms with Gasteiger partial charge in [-0.15, -0.1) is 0 Å². The molecule has 0 aliphatic rings. The number of hydrogen-bond donors (Lipinski definition) is 1. The lowest BCUT2D eigenvalue weighted by Gasteiger charge is -2.28. The third kappa shape index (κ3) is 15.5. The van der Waals surface area contributed by atoms with Crippen molar-refractivity contribution in [1.29, 1.82) is 0 Å². The first-order valence-corrected chi connectivity index (χ1v) is 11.4. The van der Waals surface area contributed by atoms with Gasteiger partial charge in [-0.05, 0) is 24.8 Å². The minimum Gasteiger partial charge on any atom is -0.330 e. The zero-order valence-corrected chi connectivity index (χ0v) is 17.5. The van der Waals surface area contributed by atoms with Gasteiger partial charge in [0.05, 0.1) is 0 Å². The van der Waals surface area contributed by atoms with Crippen molar-refractivity contribution in [3.05, 3.63) is 0 Å². The summed E-state index contributed by atoms with van der Waals surface area (Å²) in [4.78, 5) is 0. The van der Waals surface area contributed by atoms with Crippen molar-refractivity contribution in [1.82, 2.24) is 0 Å².